The molecule has 0 amide bonds. The Morgan fingerprint density at radius 3 is 2.74 bits per heavy atom. The fourth-order valence-electron chi connectivity index (χ4n) is 3.26. The molecule has 1 aliphatic carbocycles. The number of aryl methyl sites for hydroxylation is 2. The molecule has 2 fully saturated rings. The minimum Gasteiger partial charge on any atom is -0.374 e. The van der Waals surface area contributed by atoms with Gasteiger partial charge in [0.25, 0.3) is 0 Å². The highest BCUT2D eigenvalue weighted by molar-refractivity contribution is 7.10. The van der Waals surface area contributed by atoms with E-state index < -0.39 is 0 Å². The molecule has 7 heteroatoms. The molecule has 1 saturated heterocycles. The van der Waals surface area contributed by atoms with E-state index in [1.807, 2.05) is 26.3 Å². The molecule has 3 heterocycles. The number of methoxy groups -OCH3 is 1. The maximum atomic E-state index is 5.81. The molecular weight excluding hydrogens is 310 g/mol. The third-order valence-electron chi connectivity index (χ3n) is 4.75. The van der Waals surface area contributed by atoms with Gasteiger partial charge in [-0.1, -0.05) is 0 Å². The lowest BCUT2D eigenvalue weighted by Crippen LogP contribution is -2.64. The van der Waals surface area contributed by atoms with E-state index in [2.05, 4.69) is 26.5 Å². The molecule has 0 radical (unpaired) electrons. The van der Waals surface area contributed by atoms with E-state index in [0.29, 0.717) is 5.95 Å². The highest BCUT2D eigenvalue weighted by Gasteiger charge is 2.54. The van der Waals surface area contributed by atoms with Gasteiger partial charge in [-0.05, 0) is 50.2 Å². The number of anilines is 3. The lowest BCUT2D eigenvalue weighted by atomic mass is 9.88. The molecule has 0 aromatic carbocycles. The molecule has 1 saturated carbocycles. The first kappa shape index (κ1) is 14.8. The molecule has 4 rings (SSSR count). The van der Waals surface area contributed by atoms with Crippen LogP contribution in [-0.2, 0) is 4.74 Å². The molecule has 6 nitrogen and oxygen atoms in total. The van der Waals surface area contributed by atoms with Crippen molar-refractivity contribution in [2.45, 2.75) is 32.3 Å². The van der Waals surface area contributed by atoms with Crippen LogP contribution in [0.3, 0.4) is 0 Å². The minimum absolute atomic E-state index is 0.0414. The van der Waals surface area contributed by atoms with E-state index in [4.69, 9.17) is 9.72 Å². The Balaban J connectivity index is 1.51. The van der Waals surface area contributed by atoms with Crippen LogP contribution in [0.5, 0.6) is 0 Å². The Bertz CT molecular complexity index is 721. The quantitative estimate of drug-likeness (QED) is 0.909. The van der Waals surface area contributed by atoms with Crippen LogP contribution in [0.4, 0.5) is 16.8 Å². The zero-order valence-corrected chi connectivity index (χ0v) is 14.5. The van der Waals surface area contributed by atoms with Crippen molar-refractivity contribution >= 4 is 28.3 Å². The van der Waals surface area contributed by atoms with Crippen molar-refractivity contribution < 1.29 is 4.74 Å². The van der Waals surface area contributed by atoms with Gasteiger partial charge in [0.05, 0.1) is 18.8 Å². The van der Waals surface area contributed by atoms with Crippen molar-refractivity contribution in [1.82, 2.24) is 14.3 Å². The molecule has 2 aromatic heterocycles. The van der Waals surface area contributed by atoms with Gasteiger partial charge in [0.2, 0.25) is 5.95 Å². The van der Waals surface area contributed by atoms with E-state index in [0.717, 1.165) is 41.1 Å². The molecule has 1 N–H and O–H groups in total. The topological polar surface area (TPSA) is 63.2 Å². The zero-order valence-electron chi connectivity index (χ0n) is 13.7. The Labute approximate surface area is 140 Å². The lowest BCUT2D eigenvalue weighted by Gasteiger charge is -2.50. The molecule has 122 valence electrons. The second-order valence-electron chi connectivity index (χ2n) is 6.56. The Kier molecular flexibility index (Phi) is 3.50. The maximum absolute atomic E-state index is 5.81. The molecule has 0 unspecified atom stereocenters. The van der Waals surface area contributed by atoms with Gasteiger partial charge in [0, 0.05) is 18.9 Å². The molecule has 0 spiro atoms. The summed E-state index contributed by atoms with van der Waals surface area (Å²) < 4.78 is 10.1. The Morgan fingerprint density at radius 2 is 2.13 bits per heavy atom. The van der Waals surface area contributed by atoms with Gasteiger partial charge in [-0.25, -0.2) is 4.98 Å². The molecule has 2 aliphatic rings. The first-order chi connectivity index (χ1) is 11.1. The summed E-state index contributed by atoms with van der Waals surface area (Å²) in [6.07, 6.45) is 4.46. The third-order valence-corrected chi connectivity index (χ3v) is 5.55. The third kappa shape index (κ3) is 2.68. The molecule has 0 bridgehead atoms. The second-order valence-corrected chi connectivity index (χ2v) is 7.36. The molecule has 1 aliphatic heterocycles. The average Bonchev–Trinajstić information content (AvgIpc) is 3.26. The highest BCUT2D eigenvalue weighted by atomic mass is 32.1. The van der Waals surface area contributed by atoms with Crippen LogP contribution in [0.25, 0.3) is 0 Å². The summed E-state index contributed by atoms with van der Waals surface area (Å²) in [6, 6.07) is 2.00. The van der Waals surface area contributed by atoms with Crippen molar-refractivity contribution in [1.29, 1.82) is 0 Å². The lowest BCUT2D eigenvalue weighted by molar-refractivity contribution is -0.0514. The molecular formula is C16H21N5OS. The van der Waals surface area contributed by atoms with Gasteiger partial charge in [0.15, 0.2) is 0 Å². The van der Waals surface area contributed by atoms with Crippen molar-refractivity contribution in [3.8, 4) is 0 Å². The normalized spacial score (nSPS) is 19.5. The zero-order chi connectivity index (χ0) is 16.0. The molecule has 2 aromatic rings. The average molecular weight is 331 g/mol. The van der Waals surface area contributed by atoms with Crippen molar-refractivity contribution in [3.05, 3.63) is 23.5 Å². The number of aromatic nitrogens is 3. The maximum Gasteiger partial charge on any atom is 0.229 e. The van der Waals surface area contributed by atoms with Crippen LogP contribution in [0.15, 0.2) is 12.3 Å². The summed E-state index contributed by atoms with van der Waals surface area (Å²) in [5.41, 5.74) is 2.14. The summed E-state index contributed by atoms with van der Waals surface area (Å²) in [7, 11) is 1.83. The first-order valence-corrected chi connectivity index (χ1v) is 8.71. The summed E-state index contributed by atoms with van der Waals surface area (Å²) in [5, 5.41) is 4.20. The summed E-state index contributed by atoms with van der Waals surface area (Å²) in [5.74, 6) is 2.34. The van der Waals surface area contributed by atoms with E-state index in [1.165, 1.54) is 24.4 Å². The number of hydrogen-bond acceptors (Lipinski definition) is 7. The smallest absolute Gasteiger partial charge is 0.229 e. The van der Waals surface area contributed by atoms with E-state index in [9.17, 15) is 0 Å². The van der Waals surface area contributed by atoms with Gasteiger partial charge in [-0.3, -0.25) is 0 Å². The molecule has 0 atom stereocenters. The van der Waals surface area contributed by atoms with E-state index in [1.54, 1.807) is 0 Å². The van der Waals surface area contributed by atoms with Crippen molar-refractivity contribution in [2.24, 2.45) is 5.92 Å². The van der Waals surface area contributed by atoms with Crippen LogP contribution in [0.2, 0.25) is 0 Å². The number of ether oxygens (including phenoxy) is 1. The second kappa shape index (κ2) is 5.42. The number of nitrogens with one attached hydrogen (secondary N) is 1. The van der Waals surface area contributed by atoms with Crippen LogP contribution in [0.1, 0.15) is 24.1 Å². The highest BCUT2D eigenvalue weighted by Crippen LogP contribution is 2.47. The van der Waals surface area contributed by atoms with Gasteiger partial charge in [0.1, 0.15) is 16.4 Å². The van der Waals surface area contributed by atoms with Crippen LogP contribution in [-0.4, -0.2) is 40.1 Å². The van der Waals surface area contributed by atoms with Gasteiger partial charge >= 0.3 is 0 Å². The van der Waals surface area contributed by atoms with Crippen LogP contribution >= 0.6 is 11.5 Å². The Hall–Kier alpha value is -1.73. The van der Waals surface area contributed by atoms with Crippen LogP contribution < -0.4 is 10.2 Å². The monoisotopic (exact) mass is 331 g/mol. The van der Waals surface area contributed by atoms with E-state index >= 15 is 0 Å². The van der Waals surface area contributed by atoms with Crippen molar-refractivity contribution in [3.63, 3.8) is 0 Å². The SMILES string of the molecule is COC1(C2CC2)CN(c2nc(Nc3cc(C)ns3)ncc2C)C1. The van der Waals surface area contributed by atoms with Gasteiger partial charge in [-0.15, -0.1) is 0 Å². The number of rotatable bonds is 5. The predicted octanol–water partition coefficient (Wildman–Crippen LogP) is 2.91. The molecule has 23 heavy (non-hydrogen) atoms. The number of hydrogen-bond donors (Lipinski definition) is 1. The Morgan fingerprint density at radius 1 is 1.35 bits per heavy atom. The fraction of sp³-hybridized carbons (Fsp3) is 0.562. The van der Waals surface area contributed by atoms with Crippen molar-refractivity contribution in [2.75, 3.05) is 30.4 Å². The predicted molar refractivity (Wildman–Crippen MR) is 91.6 cm³/mol. The minimum atomic E-state index is 0.0414. The first-order valence-electron chi connectivity index (χ1n) is 7.94. The summed E-state index contributed by atoms with van der Waals surface area (Å²) >= 11 is 1.42. The standard InChI is InChI=1S/C16H21N5OS/c1-10-7-17-15(18-13-6-11(2)20-23-13)19-14(10)21-8-16(9-21,22-3)12-4-5-12/h6-7,12H,4-5,8-9H2,1-3H3,(H,17,18,19). The fourth-order valence-corrected chi connectivity index (χ4v) is 3.91. The largest absolute Gasteiger partial charge is 0.374 e. The van der Waals surface area contributed by atoms with Crippen LogP contribution in [0, 0.1) is 19.8 Å². The van der Waals surface area contributed by atoms with E-state index in [-0.39, 0.29) is 5.60 Å². The number of nitrogens with zero attached hydrogens (tertiary/aromatic N) is 4. The van der Waals surface area contributed by atoms with Gasteiger partial charge < -0.3 is 15.0 Å². The summed E-state index contributed by atoms with van der Waals surface area (Å²) in [4.78, 5) is 11.4. The summed E-state index contributed by atoms with van der Waals surface area (Å²) in [6.45, 7) is 5.88. The van der Waals surface area contributed by atoms with Gasteiger partial charge in [-0.2, -0.15) is 9.36 Å².